The van der Waals surface area contributed by atoms with Crippen molar-refractivity contribution < 1.29 is 18.8 Å². The minimum Gasteiger partial charge on any atom is -0.465 e. The number of hydrogen-bond donors (Lipinski definition) is 6. The number of nitrogen functional groups attached to an aromatic ring is 2. The Hall–Kier alpha value is -9.86. The summed E-state index contributed by atoms with van der Waals surface area (Å²) >= 11 is 29.3. The quantitative estimate of drug-likeness (QED) is 0.0213. The third kappa shape index (κ3) is 20.6. The van der Waals surface area contributed by atoms with Crippen molar-refractivity contribution in [3.8, 4) is 33.4 Å². The van der Waals surface area contributed by atoms with Crippen LogP contribution in [0.25, 0.3) is 33.4 Å². The highest BCUT2D eigenvalue weighted by molar-refractivity contribution is 14.1. The SMILES string of the molecule is CC1(C)OB(c2ccnc(Nc3ccnc(C4CC4)n3)c2)OC1(C)C.COC(=O)c1c(Cl)ncc(-c2ccnc(Nc3ccnc(C4CC4)n3)c2)c1C.Cc1c(-c2ccnc(Nc3ccnc(C4CC4)n3)c2)cnc(Cl)c1I.Cc1c(-c2ccnc(Nc3ccnc(C4CC4)n3)c2)cnc(Cl)c1N.Cc1c(Br)cnc(Cl)c1N. The average molecular weight is 1770 g/mol. The molecule has 1 aliphatic heterocycles. The molecule has 8 N–H and O–H groups in total. The summed E-state index contributed by atoms with van der Waals surface area (Å²) in [5.74, 6) is 10.8. The molecule has 4 aliphatic carbocycles. The number of rotatable bonds is 17. The Labute approximate surface area is 696 Å². The summed E-state index contributed by atoms with van der Waals surface area (Å²) in [5.41, 5.74) is 22.3. The van der Waals surface area contributed by atoms with Crippen LogP contribution >= 0.6 is 84.9 Å². The van der Waals surface area contributed by atoms with Gasteiger partial charge in [-0.3, -0.25) is 0 Å². The molecular formula is C80H79BBrCl4IN22O4. The summed E-state index contributed by atoms with van der Waals surface area (Å²) < 4.78 is 18.9. The molecule has 0 amide bonds. The first kappa shape index (κ1) is 81.2. The smallest absolute Gasteiger partial charge is 0.465 e. The molecule has 0 radical (unpaired) electrons. The largest absolute Gasteiger partial charge is 0.495 e. The molecule has 0 bridgehead atoms. The average Bonchev–Trinajstić information content (AvgIpc) is 1.63. The number of hydrogen-bond acceptors (Lipinski definition) is 26. The molecule has 13 heterocycles. The molecule has 113 heavy (non-hydrogen) atoms. The van der Waals surface area contributed by atoms with Crippen LogP contribution in [0.1, 0.15) is 159 Å². The summed E-state index contributed by atoms with van der Waals surface area (Å²) in [6, 6.07) is 22.8. The number of esters is 1. The van der Waals surface area contributed by atoms with Crippen molar-refractivity contribution in [2.45, 2.75) is 142 Å². The Kier molecular flexibility index (Phi) is 25.6. The maximum Gasteiger partial charge on any atom is 0.495 e. The molecule has 4 saturated carbocycles. The second-order valence-electron chi connectivity index (χ2n) is 28.4. The molecule has 5 aliphatic rings. The minimum absolute atomic E-state index is 0.120. The molecule has 0 spiro atoms. The highest BCUT2D eigenvalue weighted by Crippen LogP contribution is 2.43. The topological polar surface area (TPSA) is 351 Å². The van der Waals surface area contributed by atoms with Gasteiger partial charge in [-0.1, -0.05) is 46.4 Å². The number of carbonyl (C=O) groups excluding carboxylic acids is 1. The first-order valence-electron chi connectivity index (χ1n) is 36.4. The van der Waals surface area contributed by atoms with E-state index in [0.717, 1.165) is 123 Å². The fraction of sp³-hybridized carbons (Fsp3) is 0.287. The van der Waals surface area contributed by atoms with Gasteiger partial charge in [0.1, 0.15) is 85.7 Å². The number of aromatic nitrogens is 16. The van der Waals surface area contributed by atoms with Crippen molar-refractivity contribution in [2.24, 2.45) is 0 Å². The van der Waals surface area contributed by atoms with Crippen LogP contribution in [0.2, 0.25) is 20.6 Å². The minimum atomic E-state index is -0.516. The normalized spacial score (nSPS) is 14.9. The zero-order valence-electron chi connectivity index (χ0n) is 63.1. The van der Waals surface area contributed by atoms with Crippen LogP contribution in [0.3, 0.4) is 0 Å². The summed E-state index contributed by atoms with van der Waals surface area (Å²) in [7, 11) is 0.914. The van der Waals surface area contributed by atoms with Crippen molar-refractivity contribution in [3.05, 3.63) is 227 Å². The fourth-order valence-electron chi connectivity index (χ4n) is 11.6. The number of nitrogens with two attached hydrogens (primary N) is 2. The van der Waals surface area contributed by atoms with Gasteiger partial charge in [-0.25, -0.2) is 84.5 Å². The highest BCUT2D eigenvalue weighted by atomic mass is 127. The van der Waals surface area contributed by atoms with Crippen LogP contribution in [-0.2, 0) is 14.0 Å². The van der Waals surface area contributed by atoms with Crippen LogP contribution in [-0.4, -0.2) is 111 Å². The molecule has 17 rings (SSSR count). The fourth-order valence-corrected chi connectivity index (χ4v) is 13.2. The van der Waals surface area contributed by atoms with Gasteiger partial charge in [0.25, 0.3) is 0 Å². The number of nitrogens with one attached hydrogen (secondary N) is 4. The van der Waals surface area contributed by atoms with E-state index in [9.17, 15) is 4.79 Å². The van der Waals surface area contributed by atoms with Crippen LogP contribution in [0, 0.1) is 31.3 Å². The van der Waals surface area contributed by atoms with Gasteiger partial charge in [-0.05, 0) is 262 Å². The van der Waals surface area contributed by atoms with E-state index in [1.165, 1.54) is 45.6 Å². The Bertz CT molecular complexity index is 5300. The van der Waals surface area contributed by atoms with Crippen molar-refractivity contribution in [3.63, 3.8) is 0 Å². The second kappa shape index (κ2) is 35.7. The standard InChI is InChI=1S/C20H18ClN5O2.C18H23BN4O2.C18H15ClIN5.C18H17ClN6.C6H6BrClN2/c1-11-14(10-24-18(21)17(11)20(27)28-2)13-5-7-22-16(9-13)25-15-6-8-23-19(26-15)12-3-4-12;1-17(2)18(3,4)25-19(24-17)13-7-9-20-15(11-13)22-14-8-10-21-16(23-14)12-5-6-12;2*1-10-13(9-23-17(19)16(10)20)12-4-6-21-15(8-12)24-14-5-7-22-18(25-14)11-2-3-11;1-3-4(7)2-10-6(8)5(3)9/h5-10,12H,3-4H2,1-2H3,(H,22,23,25,26);7-12H,5-6H2,1-4H3,(H,20,21,22,23);4-9,11H,2-3H2,1H3,(H,21,22,24,25);4-9,11H,2-3,20H2,1H3,(H,21,22,24,25);2H,9H2,1H3. The Morgan fingerprint density at radius 3 is 1.15 bits per heavy atom. The van der Waals surface area contributed by atoms with Crippen molar-refractivity contribution in [1.82, 2.24) is 79.7 Å². The summed E-state index contributed by atoms with van der Waals surface area (Å²) in [4.78, 5) is 81.6. The van der Waals surface area contributed by atoms with Crippen molar-refractivity contribution in [2.75, 3.05) is 39.8 Å². The second-order valence-corrected chi connectivity index (χ2v) is 31.8. The third-order valence-electron chi connectivity index (χ3n) is 19.5. The molecule has 0 aromatic carbocycles. The zero-order chi connectivity index (χ0) is 79.8. The van der Waals surface area contributed by atoms with E-state index in [0.29, 0.717) is 79.3 Å². The van der Waals surface area contributed by atoms with Gasteiger partial charge in [0.2, 0.25) is 0 Å². The van der Waals surface area contributed by atoms with Crippen LogP contribution in [0.15, 0.2) is 152 Å². The molecule has 0 atom stereocenters. The number of ether oxygens (including phenoxy) is 1. The number of nitrogens with zero attached hydrogens (tertiary/aromatic N) is 16. The molecule has 26 nitrogen and oxygen atoms in total. The van der Waals surface area contributed by atoms with Crippen molar-refractivity contribution >= 4 is 161 Å². The van der Waals surface area contributed by atoms with Crippen LogP contribution in [0.4, 0.5) is 57.9 Å². The number of anilines is 10. The Morgan fingerprint density at radius 1 is 0.442 bits per heavy atom. The van der Waals surface area contributed by atoms with Crippen LogP contribution < -0.4 is 38.2 Å². The molecular weight excluding hydrogens is 1690 g/mol. The summed E-state index contributed by atoms with van der Waals surface area (Å²) in [6.45, 7) is 15.9. The lowest BCUT2D eigenvalue weighted by molar-refractivity contribution is 0.00578. The van der Waals surface area contributed by atoms with E-state index in [2.05, 4.69) is 140 Å². The van der Waals surface area contributed by atoms with E-state index in [-0.39, 0.29) is 21.9 Å². The predicted octanol–water partition coefficient (Wildman–Crippen LogP) is 18.7. The van der Waals surface area contributed by atoms with Gasteiger partial charge in [-0.2, -0.15) is 0 Å². The molecule has 578 valence electrons. The van der Waals surface area contributed by atoms with Gasteiger partial charge >= 0.3 is 13.1 Å². The first-order valence-corrected chi connectivity index (χ1v) is 39.8. The Morgan fingerprint density at radius 2 is 0.770 bits per heavy atom. The van der Waals surface area contributed by atoms with E-state index in [1.807, 2.05) is 128 Å². The summed E-state index contributed by atoms with van der Waals surface area (Å²) in [6.07, 6.45) is 30.2. The number of methoxy groups -OCH3 is 1. The summed E-state index contributed by atoms with van der Waals surface area (Å²) in [5, 5.41) is 14.3. The van der Waals surface area contributed by atoms with Gasteiger partial charge in [0, 0.05) is 119 Å². The van der Waals surface area contributed by atoms with Crippen LogP contribution in [0.5, 0.6) is 0 Å². The molecule has 33 heteroatoms. The molecule has 12 aromatic rings. The lowest BCUT2D eigenvalue weighted by Gasteiger charge is -2.32. The number of carbonyl (C=O) groups is 1. The third-order valence-corrected chi connectivity index (χ3v) is 23.1. The first-order chi connectivity index (χ1) is 54.3. The Balaban J connectivity index is 0.000000126. The lowest BCUT2D eigenvalue weighted by Crippen LogP contribution is -2.41. The zero-order valence-corrected chi connectivity index (χ0v) is 69.9. The van der Waals surface area contributed by atoms with Gasteiger partial charge in [-0.15, -0.1) is 0 Å². The predicted molar refractivity (Wildman–Crippen MR) is 455 cm³/mol. The van der Waals surface area contributed by atoms with Gasteiger partial charge in [0.05, 0.1) is 33.3 Å². The van der Waals surface area contributed by atoms with E-state index >= 15 is 0 Å². The molecule has 0 unspecified atom stereocenters. The van der Waals surface area contributed by atoms with Gasteiger partial charge in [0.15, 0.2) is 10.3 Å². The van der Waals surface area contributed by atoms with E-state index in [4.69, 9.17) is 71.9 Å². The molecule has 5 fully saturated rings. The molecule has 1 saturated heterocycles. The van der Waals surface area contributed by atoms with E-state index in [1.54, 1.807) is 74.4 Å². The monoisotopic (exact) mass is 1770 g/mol. The highest BCUT2D eigenvalue weighted by Gasteiger charge is 2.52. The van der Waals surface area contributed by atoms with Gasteiger partial charge < -0.3 is 46.8 Å². The maximum atomic E-state index is 12.1. The lowest BCUT2D eigenvalue weighted by atomic mass is 9.80. The number of halogens is 6. The van der Waals surface area contributed by atoms with E-state index < -0.39 is 13.1 Å². The molecule has 12 aromatic heterocycles. The number of pyridine rings is 8. The van der Waals surface area contributed by atoms with Crippen molar-refractivity contribution in [1.29, 1.82) is 0 Å². The maximum absolute atomic E-state index is 12.1.